The second-order valence-corrected chi connectivity index (χ2v) is 3.69. The number of hydrogen-bond donors (Lipinski definition) is 0. The number of ether oxygens (including phenoxy) is 1. The summed E-state index contributed by atoms with van der Waals surface area (Å²) in [5.74, 6) is 1.19. The molecule has 1 aromatic heterocycles. The van der Waals surface area contributed by atoms with Gasteiger partial charge in [0.2, 0.25) is 0 Å². The van der Waals surface area contributed by atoms with Gasteiger partial charge in [0.05, 0.1) is 12.9 Å². The van der Waals surface area contributed by atoms with Crippen molar-refractivity contribution in [1.29, 1.82) is 0 Å². The third-order valence-corrected chi connectivity index (χ3v) is 2.44. The first-order chi connectivity index (χ1) is 8.35. The fourth-order valence-electron chi connectivity index (χ4n) is 1.60. The highest BCUT2D eigenvalue weighted by atomic mass is 16.5. The van der Waals surface area contributed by atoms with Gasteiger partial charge >= 0.3 is 0 Å². The maximum Gasteiger partial charge on any atom is 0.185 e. The Morgan fingerprint density at radius 1 is 1.24 bits per heavy atom. The zero-order valence-electron chi connectivity index (χ0n) is 9.68. The van der Waals surface area contributed by atoms with E-state index in [1.807, 2.05) is 24.3 Å². The Morgan fingerprint density at radius 3 is 2.65 bits per heavy atom. The van der Waals surface area contributed by atoms with Crippen molar-refractivity contribution >= 4 is 6.29 Å². The predicted molar refractivity (Wildman–Crippen MR) is 65.3 cm³/mol. The van der Waals surface area contributed by atoms with E-state index in [2.05, 4.69) is 6.92 Å². The summed E-state index contributed by atoms with van der Waals surface area (Å²) in [6.45, 7) is 2.78. The fraction of sp³-hybridized carbons (Fsp3) is 0.214. The van der Waals surface area contributed by atoms with Gasteiger partial charge in [0.25, 0.3) is 0 Å². The van der Waals surface area contributed by atoms with Crippen molar-refractivity contribution in [3.05, 3.63) is 42.4 Å². The first kappa shape index (κ1) is 11.5. The van der Waals surface area contributed by atoms with E-state index in [-0.39, 0.29) is 0 Å². The molecule has 88 valence electrons. The molecule has 0 aliphatic heterocycles. The highest BCUT2D eigenvalue weighted by Gasteiger charge is 2.07. The summed E-state index contributed by atoms with van der Waals surface area (Å²) in [7, 11) is 0. The Hall–Kier alpha value is -2.03. The molecule has 0 aliphatic carbocycles. The Balaban J connectivity index is 2.20. The third kappa shape index (κ3) is 2.56. The van der Waals surface area contributed by atoms with Crippen LogP contribution in [0.3, 0.4) is 0 Å². The van der Waals surface area contributed by atoms with Crippen LogP contribution in [-0.2, 0) is 0 Å². The topological polar surface area (TPSA) is 39.4 Å². The number of carbonyl (C=O) groups excluding carboxylic acids is 1. The second kappa shape index (κ2) is 5.34. The average molecular weight is 230 g/mol. The number of carbonyl (C=O) groups is 1. The molecule has 0 saturated carbocycles. The van der Waals surface area contributed by atoms with E-state index < -0.39 is 0 Å². The summed E-state index contributed by atoms with van der Waals surface area (Å²) in [5, 5.41) is 0. The third-order valence-electron chi connectivity index (χ3n) is 2.44. The van der Waals surface area contributed by atoms with Gasteiger partial charge in [-0.05, 0) is 30.2 Å². The Labute approximate surface area is 100 Å². The van der Waals surface area contributed by atoms with E-state index in [4.69, 9.17) is 9.15 Å². The summed E-state index contributed by atoms with van der Waals surface area (Å²) >= 11 is 0. The molecule has 0 fully saturated rings. The van der Waals surface area contributed by atoms with E-state index in [1.165, 1.54) is 6.26 Å². The Morgan fingerprint density at radius 2 is 2.00 bits per heavy atom. The van der Waals surface area contributed by atoms with Crippen LogP contribution in [0.1, 0.15) is 23.9 Å². The van der Waals surface area contributed by atoms with Gasteiger partial charge in [-0.25, -0.2) is 0 Å². The molecule has 0 saturated heterocycles. The van der Waals surface area contributed by atoms with Crippen LogP contribution >= 0.6 is 0 Å². The lowest BCUT2D eigenvalue weighted by molar-refractivity contribution is 0.110. The molecule has 0 amide bonds. The minimum atomic E-state index is 0.354. The highest BCUT2D eigenvalue weighted by Crippen LogP contribution is 2.25. The quantitative estimate of drug-likeness (QED) is 0.737. The number of benzene rings is 1. The second-order valence-electron chi connectivity index (χ2n) is 3.69. The van der Waals surface area contributed by atoms with Crippen molar-refractivity contribution < 1.29 is 13.9 Å². The van der Waals surface area contributed by atoms with Gasteiger partial charge in [0.15, 0.2) is 12.0 Å². The van der Waals surface area contributed by atoms with Gasteiger partial charge in [-0.15, -0.1) is 0 Å². The first-order valence-corrected chi connectivity index (χ1v) is 5.61. The predicted octanol–water partition coefficient (Wildman–Crippen LogP) is 3.55. The Bertz CT molecular complexity index is 482. The van der Waals surface area contributed by atoms with Crippen molar-refractivity contribution in [2.24, 2.45) is 0 Å². The lowest BCUT2D eigenvalue weighted by atomic mass is 10.1. The van der Waals surface area contributed by atoms with Gasteiger partial charge < -0.3 is 9.15 Å². The molecule has 2 rings (SSSR count). The van der Waals surface area contributed by atoms with E-state index >= 15 is 0 Å². The van der Waals surface area contributed by atoms with Gasteiger partial charge in [-0.3, -0.25) is 4.79 Å². The van der Waals surface area contributed by atoms with Gasteiger partial charge in [0, 0.05) is 5.56 Å². The molecule has 1 heterocycles. The van der Waals surface area contributed by atoms with Crippen LogP contribution in [0.25, 0.3) is 11.1 Å². The van der Waals surface area contributed by atoms with Crippen molar-refractivity contribution in [3.8, 4) is 16.9 Å². The lowest BCUT2D eigenvalue weighted by Gasteiger charge is -2.05. The molecule has 2 aromatic rings. The van der Waals surface area contributed by atoms with E-state index in [0.29, 0.717) is 12.4 Å². The number of rotatable bonds is 5. The van der Waals surface area contributed by atoms with E-state index in [1.54, 1.807) is 6.07 Å². The fourth-order valence-corrected chi connectivity index (χ4v) is 1.60. The maximum absolute atomic E-state index is 10.8. The van der Waals surface area contributed by atoms with Crippen LogP contribution in [0.5, 0.6) is 5.75 Å². The summed E-state index contributed by atoms with van der Waals surface area (Å²) in [6, 6.07) is 9.41. The van der Waals surface area contributed by atoms with E-state index in [0.717, 1.165) is 29.6 Å². The van der Waals surface area contributed by atoms with Gasteiger partial charge in [-0.1, -0.05) is 19.1 Å². The van der Waals surface area contributed by atoms with Crippen molar-refractivity contribution in [3.63, 3.8) is 0 Å². The molecule has 0 N–H and O–H groups in total. The average Bonchev–Trinajstić information content (AvgIpc) is 2.85. The highest BCUT2D eigenvalue weighted by molar-refractivity contribution is 5.84. The summed E-state index contributed by atoms with van der Waals surface area (Å²) < 4.78 is 10.6. The molecule has 17 heavy (non-hydrogen) atoms. The van der Waals surface area contributed by atoms with E-state index in [9.17, 15) is 4.79 Å². The molecular weight excluding hydrogens is 216 g/mol. The number of aldehydes is 1. The summed E-state index contributed by atoms with van der Waals surface area (Å²) in [6.07, 6.45) is 3.22. The van der Waals surface area contributed by atoms with Crippen molar-refractivity contribution in [1.82, 2.24) is 0 Å². The lowest BCUT2D eigenvalue weighted by Crippen LogP contribution is -1.94. The molecule has 3 heteroatoms. The van der Waals surface area contributed by atoms with Crippen molar-refractivity contribution in [2.75, 3.05) is 6.61 Å². The molecule has 0 bridgehead atoms. The van der Waals surface area contributed by atoms with Crippen LogP contribution in [0.2, 0.25) is 0 Å². The minimum absolute atomic E-state index is 0.354. The van der Waals surface area contributed by atoms with Gasteiger partial charge in [-0.2, -0.15) is 0 Å². The number of furan rings is 1. The molecule has 0 aliphatic rings. The normalized spacial score (nSPS) is 10.2. The standard InChI is InChI=1S/C14H14O3/c1-2-8-16-12-5-3-11(4-6-12)13-7-9-17-14(13)10-15/h3-7,9-10H,2,8H2,1H3. The Kier molecular flexibility index (Phi) is 3.60. The SMILES string of the molecule is CCCOc1ccc(-c2ccoc2C=O)cc1. The first-order valence-electron chi connectivity index (χ1n) is 5.61. The zero-order valence-corrected chi connectivity index (χ0v) is 9.68. The zero-order chi connectivity index (χ0) is 12.1. The summed E-state index contributed by atoms with van der Waals surface area (Å²) in [4.78, 5) is 10.8. The minimum Gasteiger partial charge on any atom is -0.494 e. The molecule has 0 radical (unpaired) electrons. The van der Waals surface area contributed by atoms with Crippen LogP contribution in [0.4, 0.5) is 0 Å². The van der Waals surface area contributed by atoms with Crippen LogP contribution in [-0.4, -0.2) is 12.9 Å². The van der Waals surface area contributed by atoms with Crippen molar-refractivity contribution in [2.45, 2.75) is 13.3 Å². The maximum atomic E-state index is 10.8. The molecular formula is C14H14O3. The molecule has 0 atom stereocenters. The smallest absolute Gasteiger partial charge is 0.185 e. The summed E-state index contributed by atoms with van der Waals surface area (Å²) in [5.41, 5.74) is 1.76. The van der Waals surface area contributed by atoms with Crippen LogP contribution < -0.4 is 4.74 Å². The van der Waals surface area contributed by atoms with Crippen LogP contribution in [0, 0.1) is 0 Å². The molecule has 1 aromatic carbocycles. The van der Waals surface area contributed by atoms with Gasteiger partial charge in [0.1, 0.15) is 5.75 Å². The molecule has 0 spiro atoms. The largest absolute Gasteiger partial charge is 0.494 e. The number of hydrogen-bond acceptors (Lipinski definition) is 3. The van der Waals surface area contributed by atoms with Crippen LogP contribution in [0.15, 0.2) is 41.0 Å². The monoisotopic (exact) mass is 230 g/mol. The molecule has 3 nitrogen and oxygen atoms in total. The molecule has 0 unspecified atom stereocenters.